The number of benzene rings is 3. The zero-order chi connectivity index (χ0) is 29.9. The lowest BCUT2D eigenvalue weighted by Gasteiger charge is -2.10. The van der Waals surface area contributed by atoms with Crippen LogP contribution < -0.4 is 14.2 Å². The van der Waals surface area contributed by atoms with Crippen LogP contribution in [-0.4, -0.2) is 29.7 Å². The van der Waals surface area contributed by atoms with Crippen LogP contribution in [-0.2, 0) is 0 Å². The van der Waals surface area contributed by atoms with Crippen LogP contribution in [0.1, 0.15) is 16.7 Å². The summed E-state index contributed by atoms with van der Waals surface area (Å²) in [4.78, 5) is 42.4. The summed E-state index contributed by atoms with van der Waals surface area (Å²) in [7, 11) is 0. The summed E-state index contributed by atoms with van der Waals surface area (Å²) in [6.45, 7) is 0. The standard InChI is InChI=1S/C27H18N6O9/c34-31(35)16-13-19-1-7-22(8-2-19)40-25-28-26(41-23-9-3-20(4-10-23)14-17-32(36)37)30-27(29-25)42-24-11-5-21(6-12-24)15-18-33(38)39/h1-18H/b16-13+,17-14+,18-15+. The highest BCUT2D eigenvalue weighted by atomic mass is 16.6. The van der Waals surface area contributed by atoms with Crippen LogP contribution in [0.15, 0.2) is 91.4 Å². The van der Waals surface area contributed by atoms with Gasteiger partial charge in [-0.3, -0.25) is 30.3 Å². The van der Waals surface area contributed by atoms with E-state index in [4.69, 9.17) is 14.2 Å². The van der Waals surface area contributed by atoms with E-state index in [1.165, 1.54) is 18.2 Å². The van der Waals surface area contributed by atoms with Crippen molar-refractivity contribution in [1.29, 1.82) is 0 Å². The molecule has 1 aromatic heterocycles. The van der Waals surface area contributed by atoms with Crippen molar-refractivity contribution in [1.82, 2.24) is 15.0 Å². The molecule has 0 fully saturated rings. The van der Waals surface area contributed by atoms with Gasteiger partial charge in [0, 0.05) is 18.2 Å². The molecule has 210 valence electrons. The third-order valence-corrected chi connectivity index (χ3v) is 5.01. The minimum absolute atomic E-state index is 0.195. The Bertz CT molecular complexity index is 1460. The van der Waals surface area contributed by atoms with Crippen molar-refractivity contribution >= 4 is 18.2 Å². The third kappa shape index (κ3) is 9.05. The Hall–Kier alpha value is -6.51. The fourth-order valence-electron chi connectivity index (χ4n) is 3.16. The van der Waals surface area contributed by atoms with Crippen LogP contribution in [0, 0.1) is 30.3 Å². The molecule has 0 saturated carbocycles. The van der Waals surface area contributed by atoms with E-state index < -0.39 is 14.8 Å². The molecule has 0 aliphatic heterocycles. The first kappa shape index (κ1) is 28.5. The zero-order valence-electron chi connectivity index (χ0n) is 21.2. The molecular weight excluding hydrogens is 552 g/mol. The summed E-state index contributed by atoms with van der Waals surface area (Å²) in [6, 6.07) is 18.3. The van der Waals surface area contributed by atoms with Gasteiger partial charge in [0.25, 0.3) is 0 Å². The molecule has 0 radical (unpaired) electrons. The maximum Gasteiger partial charge on any atom is 0.331 e. The number of hydrogen-bond acceptors (Lipinski definition) is 12. The van der Waals surface area contributed by atoms with Gasteiger partial charge in [0.1, 0.15) is 17.2 Å². The summed E-state index contributed by atoms with van der Waals surface area (Å²) in [5.41, 5.74) is 1.70. The van der Waals surface area contributed by atoms with Crippen molar-refractivity contribution in [2.24, 2.45) is 0 Å². The minimum atomic E-state index is -0.577. The largest absolute Gasteiger partial charge is 0.424 e. The average molecular weight is 570 g/mol. The Labute approximate surface area is 236 Å². The molecule has 0 bridgehead atoms. The van der Waals surface area contributed by atoms with Gasteiger partial charge in [-0.15, -0.1) is 15.0 Å². The lowest BCUT2D eigenvalue weighted by atomic mass is 10.2. The van der Waals surface area contributed by atoms with E-state index in [1.807, 2.05) is 0 Å². The van der Waals surface area contributed by atoms with Crippen LogP contribution in [0.25, 0.3) is 18.2 Å². The predicted octanol–water partition coefficient (Wildman–Crippen LogP) is 5.99. The predicted molar refractivity (Wildman–Crippen MR) is 147 cm³/mol. The van der Waals surface area contributed by atoms with E-state index in [2.05, 4.69) is 15.0 Å². The van der Waals surface area contributed by atoms with Crippen LogP contribution >= 0.6 is 0 Å². The summed E-state index contributed by atoms with van der Waals surface area (Å²) < 4.78 is 17.2. The number of rotatable bonds is 12. The number of nitrogens with zero attached hydrogens (tertiary/aromatic N) is 6. The Balaban J connectivity index is 1.58. The maximum atomic E-state index is 10.5. The highest BCUT2D eigenvalue weighted by Crippen LogP contribution is 2.27. The van der Waals surface area contributed by atoms with E-state index >= 15 is 0 Å². The van der Waals surface area contributed by atoms with Crippen molar-refractivity contribution < 1.29 is 29.0 Å². The van der Waals surface area contributed by atoms with Crippen LogP contribution in [0.4, 0.5) is 0 Å². The molecule has 15 heteroatoms. The van der Waals surface area contributed by atoms with Gasteiger partial charge in [0.05, 0.1) is 14.8 Å². The molecule has 4 rings (SSSR count). The summed E-state index contributed by atoms with van der Waals surface area (Å²) in [6.07, 6.45) is 6.40. The molecule has 0 amide bonds. The van der Waals surface area contributed by atoms with E-state index in [-0.39, 0.29) is 18.0 Å². The number of aromatic nitrogens is 3. The average Bonchev–Trinajstić information content (AvgIpc) is 2.96. The Morgan fingerprint density at radius 1 is 0.452 bits per heavy atom. The Morgan fingerprint density at radius 2 is 0.690 bits per heavy atom. The Kier molecular flexibility index (Phi) is 9.17. The lowest BCUT2D eigenvalue weighted by molar-refractivity contribution is -0.401. The number of ether oxygens (including phenoxy) is 3. The van der Waals surface area contributed by atoms with Crippen LogP contribution in [0.3, 0.4) is 0 Å². The maximum absolute atomic E-state index is 10.5. The molecule has 0 unspecified atom stereocenters. The lowest BCUT2D eigenvalue weighted by Crippen LogP contribution is -2.01. The molecule has 0 aliphatic carbocycles. The van der Waals surface area contributed by atoms with Crippen molar-refractivity contribution in [3.8, 4) is 35.3 Å². The molecule has 4 aromatic rings. The molecule has 0 aliphatic rings. The van der Waals surface area contributed by atoms with Gasteiger partial charge >= 0.3 is 18.0 Å². The van der Waals surface area contributed by atoms with Crippen LogP contribution in [0.5, 0.6) is 35.3 Å². The molecule has 0 atom stereocenters. The molecular formula is C27H18N6O9. The van der Waals surface area contributed by atoms with Crippen molar-refractivity contribution in [3.05, 3.63) is 138 Å². The monoisotopic (exact) mass is 570 g/mol. The SMILES string of the molecule is O=[N+]([O-])/C=C/c1ccc(Oc2nc(Oc3ccc(/C=C/[N+](=O)[O-])cc3)nc(Oc3ccc(/C=C/[N+](=O)[O-])cc3)n2)cc1. The molecule has 3 aromatic carbocycles. The molecule has 15 nitrogen and oxygen atoms in total. The third-order valence-electron chi connectivity index (χ3n) is 5.01. The smallest absolute Gasteiger partial charge is 0.331 e. The first-order valence-corrected chi connectivity index (χ1v) is 11.8. The Morgan fingerprint density at radius 3 is 0.905 bits per heavy atom. The molecule has 42 heavy (non-hydrogen) atoms. The first-order chi connectivity index (χ1) is 20.2. The van der Waals surface area contributed by atoms with E-state index in [1.54, 1.807) is 72.8 Å². The zero-order valence-corrected chi connectivity index (χ0v) is 21.2. The summed E-state index contributed by atoms with van der Waals surface area (Å²) in [5, 5.41) is 31.6. The van der Waals surface area contributed by atoms with Crippen molar-refractivity contribution in [2.45, 2.75) is 0 Å². The van der Waals surface area contributed by atoms with Crippen molar-refractivity contribution in [3.63, 3.8) is 0 Å². The summed E-state index contributed by atoms with van der Waals surface area (Å²) >= 11 is 0. The van der Waals surface area contributed by atoms with Gasteiger partial charge in [0.15, 0.2) is 0 Å². The summed E-state index contributed by atoms with van der Waals surface area (Å²) in [5.74, 6) is 0.917. The van der Waals surface area contributed by atoms with Gasteiger partial charge in [-0.25, -0.2) is 0 Å². The van der Waals surface area contributed by atoms with Crippen LogP contribution in [0.2, 0.25) is 0 Å². The second kappa shape index (κ2) is 13.5. The van der Waals surface area contributed by atoms with Gasteiger partial charge in [0.2, 0.25) is 18.6 Å². The molecule has 0 N–H and O–H groups in total. The fourth-order valence-corrected chi connectivity index (χ4v) is 3.16. The van der Waals surface area contributed by atoms with Crippen molar-refractivity contribution in [2.75, 3.05) is 0 Å². The van der Waals surface area contributed by atoms with Gasteiger partial charge < -0.3 is 14.2 Å². The topological polar surface area (TPSA) is 196 Å². The highest BCUT2D eigenvalue weighted by molar-refractivity contribution is 5.51. The first-order valence-electron chi connectivity index (χ1n) is 11.8. The normalized spacial score (nSPS) is 11.1. The second-order valence-electron chi connectivity index (χ2n) is 8.00. The molecule has 0 saturated heterocycles. The van der Waals surface area contributed by atoms with E-state index in [0.29, 0.717) is 33.9 Å². The second-order valence-corrected chi connectivity index (χ2v) is 8.00. The van der Waals surface area contributed by atoms with Gasteiger partial charge in [-0.1, -0.05) is 36.4 Å². The molecule has 1 heterocycles. The van der Waals surface area contributed by atoms with E-state index in [0.717, 1.165) is 18.6 Å². The number of nitro groups is 3. The van der Waals surface area contributed by atoms with Gasteiger partial charge in [-0.05, 0) is 53.1 Å². The fraction of sp³-hybridized carbons (Fsp3) is 0. The quantitative estimate of drug-likeness (QED) is 0.143. The minimum Gasteiger partial charge on any atom is -0.424 e. The number of hydrogen-bond donors (Lipinski definition) is 0. The van der Waals surface area contributed by atoms with Gasteiger partial charge in [-0.2, -0.15) is 0 Å². The molecule has 0 spiro atoms. The van der Waals surface area contributed by atoms with E-state index in [9.17, 15) is 30.3 Å². The highest BCUT2D eigenvalue weighted by Gasteiger charge is 2.13.